The number of nitrogens with zero attached hydrogens (tertiary/aromatic N) is 3. The molecule has 1 aromatic heterocycles. The molecule has 0 spiro atoms. The van der Waals surface area contributed by atoms with Crippen molar-refractivity contribution in [2.75, 3.05) is 31.1 Å². The van der Waals surface area contributed by atoms with Crippen molar-refractivity contribution < 1.29 is 17.2 Å². The van der Waals surface area contributed by atoms with Crippen LogP contribution in [-0.4, -0.2) is 43.9 Å². The molecule has 32 heavy (non-hydrogen) atoms. The largest absolute Gasteiger partial charge is 0.345 e. The summed E-state index contributed by atoms with van der Waals surface area (Å²) in [6.07, 6.45) is 0. The van der Waals surface area contributed by atoms with Crippen molar-refractivity contribution in [3.05, 3.63) is 61.4 Å². The maximum Gasteiger partial charge on any atom is 0.247 e. The number of benzene rings is 2. The lowest BCUT2D eigenvalue weighted by molar-refractivity contribution is 0.381. The van der Waals surface area contributed by atoms with Gasteiger partial charge in [0.2, 0.25) is 10.0 Å². The van der Waals surface area contributed by atoms with Crippen LogP contribution >= 0.6 is 43.2 Å². The number of aromatic nitrogens is 1. The van der Waals surface area contributed by atoms with E-state index >= 15 is 0 Å². The topological polar surface area (TPSA) is 53.5 Å². The summed E-state index contributed by atoms with van der Waals surface area (Å²) in [6.45, 7) is 5.17. The Bertz CT molecular complexity index is 1240. The zero-order valence-corrected chi connectivity index (χ0v) is 22.0. The van der Waals surface area contributed by atoms with E-state index in [-0.39, 0.29) is 17.6 Å². The molecule has 0 saturated carbocycles. The van der Waals surface area contributed by atoms with Gasteiger partial charge >= 0.3 is 0 Å². The van der Waals surface area contributed by atoms with Crippen LogP contribution in [0.2, 0.25) is 0 Å². The number of aryl methyl sites for hydroxylation is 2. The average molecular weight is 607 g/mol. The number of halogens is 4. The minimum atomic E-state index is -4.23. The van der Waals surface area contributed by atoms with E-state index in [0.717, 1.165) is 33.6 Å². The van der Waals surface area contributed by atoms with E-state index in [2.05, 4.69) is 31.9 Å². The number of rotatable bonds is 4. The minimum Gasteiger partial charge on any atom is -0.345 e. The fourth-order valence-electron chi connectivity index (χ4n) is 3.77. The van der Waals surface area contributed by atoms with Crippen molar-refractivity contribution in [1.29, 1.82) is 0 Å². The van der Waals surface area contributed by atoms with Gasteiger partial charge in [0.1, 0.15) is 10.7 Å². The Labute approximate surface area is 206 Å². The third-order valence-electron chi connectivity index (χ3n) is 5.41. The summed E-state index contributed by atoms with van der Waals surface area (Å²) in [5.41, 5.74) is 4.29. The fraction of sp³-hybridized carbons (Fsp3) is 0.286. The van der Waals surface area contributed by atoms with E-state index in [4.69, 9.17) is 4.98 Å². The van der Waals surface area contributed by atoms with Crippen molar-refractivity contribution >= 4 is 58.4 Å². The fourth-order valence-corrected chi connectivity index (χ4v) is 7.63. The number of anilines is 1. The van der Waals surface area contributed by atoms with E-state index in [1.54, 1.807) is 0 Å². The van der Waals surface area contributed by atoms with Crippen LogP contribution in [0, 0.1) is 25.5 Å². The van der Waals surface area contributed by atoms with E-state index in [1.807, 2.05) is 42.3 Å². The number of thiazole rings is 1. The molecule has 1 fully saturated rings. The van der Waals surface area contributed by atoms with E-state index < -0.39 is 31.0 Å². The summed E-state index contributed by atoms with van der Waals surface area (Å²) in [7, 11) is -4.23. The van der Waals surface area contributed by atoms with E-state index in [0.29, 0.717) is 13.1 Å². The van der Waals surface area contributed by atoms with Gasteiger partial charge in [-0.1, -0.05) is 18.2 Å². The molecule has 0 aliphatic carbocycles. The van der Waals surface area contributed by atoms with Crippen LogP contribution in [0.15, 0.2) is 43.5 Å². The molecule has 0 bridgehead atoms. The maximum absolute atomic E-state index is 14.6. The predicted octanol–water partition coefficient (Wildman–Crippen LogP) is 5.74. The Morgan fingerprint density at radius 2 is 1.69 bits per heavy atom. The molecular formula is C21H19Br2F2N3O2S2. The van der Waals surface area contributed by atoms with Crippen molar-refractivity contribution in [2.24, 2.45) is 0 Å². The van der Waals surface area contributed by atoms with Crippen LogP contribution in [0.25, 0.3) is 11.3 Å². The van der Waals surface area contributed by atoms with Crippen molar-refractivity contribution in [2.45, 2.75) is 18.7 Å². The molecule has 0 N–H and O–H groups in total. The average Bonchev–Trinajstić information content (AvgIpc) is 3.22. The Balaban J connectivity index is 1.54. The van der Waals surface area contributed by atoms with Gasteiger partial charge in [-0.25, -0.2) is 22.2 Å². The summed E-state index contributed by atoms with van der Waals surface area (Å²) in [5.74, 6) is -1.86. The SMILES string of the molecule is Cc1cccc(C)c1-c1csc(N2CCN(S(=O)(=O)c3c(F)c(Br)cc(F)c3Br)CC2)n1. The highest BCUT2D eigenvalue weighted by atomic mass is 79.9. The van der Waals surface area contributed by atoms with Gasteiger partial charge in [-0.05, 0) is 62.9 Å². The molecule has 170 valence electrons. The van der Waals surface area contributed by atoms with Gasteiger partial charge < -0.3 is 4.90 Å². The standard InChI is InChI=1S/C21H19Br2F2N3O2S2/c1-12-4-3-5-13(2)17(12)16-11-31-21(26-16)27-6-8-28(9-7-27)32(29,30)20-18(23)15(24)10-14(22)19(20)25/h3-5,10-11H,6-9H2,1-2H3. The molecule has 1 aliphatic rings. The zero-order chi connectivity index (χ0) is 23.2. The second-order valence-electron chi connectivity index (χ2n) is 7.47. The molecule has 4 rings (SSSR count). The molecule has 0 radical (unpaired) electrons. The molecule has 2 aromatic carbocycles. The molecule has 1 saturated heterocycles. The lowest BCUT2D eigenvalue weighted by atomic mass is 10.0. The normalized spacial score (nSPS) is 15.4. The zero-order valence-electron chi connectivity index (χ0n) is 17.2. The maximum atomic E-state index is 14.6. The first kappa shape index (κ1) is 23.7. The van der Waals surface area contributed by atoms with Crippen LogP contribution in [0.1, 0.15) is 11.1 Å². The van der Waals surface area contributed by atoms with Crippen molar-refractivity contribution in [3.8, 4) is 11.3 Å². The number of hydrogen-bond acceptors (Lipinski definition) is 5. The van der Waals surface area contributed by atoms with Gasteiger partial charge in [0, 0.05) is 37.1 Å². The molecule has 11 heteroatoms. The van der Waals surface area contributed by atoms with Crippen molar-refractivity contribution in [1.82, 2.24) is 9.29 Å². The van der Waals surface area contributed by atoms with Gasteiger partial charge in [-0.15, -0.1) is 11.3 Å². The Kier molecular flexibility index (Phi) is 6.75. The van der Waals surface area contributed by atoms with Crippen LogP contribution in [-0.2, 0) is 10.0 Å². The molecule has 5 nitrogen and oxygen atoms in total. The summed E-state index contributed by atoms with van der Waals surface area (Å²) < 4.78 is 55.3. The number of hydrogen-bond donors (Lipinski definition) is 0. The van der Waals surface area contributed by atoms with Gasteiger partial charge in [0.15, 0.2) is 10.9 Å². The Hall–Kier alpha value is -1.40. The summed E-state index contributed by atoms with van der Waals surface area (Å²) in [6, 6.07) is 7.01. The second kappa shape index (κ2) is 9.09. The highest BCUT2D eigenvalue weighted by Crippen LogP contribution is 2.36. The molecule has 0 unspecified atom stereocenters. The summed E-state index contributed by atoms with van der Waals surface area (Å²) in [5, 5.41) is 2.81. The van der Waals surface area contributed by atoms with Crippen molar-refractivity contribution in [3.63, 3.8) is 0 Å². The Morgan fingerprint density at radius 3 is 2.31 bits per heavy atom. The van der Waals surface area contributed by atoms with Gasteiger partial charge in [0.05, 0.1) is 14.6 Å². The van der Waals surface area contributed by atoms with Crippen LogP contribution in [0.3, 0.4) is 0 Å². The lowest BCUT2D eigenvalue weighted by Crippen LogP contribution is -2.49. The second-order valence-corrected chi connectivity index (χ2v) is 11.8. The van der Waals surface area contributed by atoms with Gasteiger partial charge in [0.25, 0.3) is 0 Å². The molecule has 3 aromatic rings. The quantitative estimate of drug-likeness (QED) is 0.355. The predicted molar refractivity (Wildman–Crippen MR) is 130 cm³/mol. The molecule has 0 amide bonds. The monoisotopic (exact) mass is 605 g/mol. The highest BCUT2D eigenvalue weighted by molar-refractivity contribution is 9.11. The molecule has 0 atom stereocenters. The van der Waals surface area contributed by atoms with Gasteiger partial charge in [-0.2, -0.15) is 4.31 Å². The van der Waals surface area contributed by atoms with Crippen LogP contribution in [0.4, 0.5) is 13.9 Å². The smallest absolute Gasteiger partial charge is 0.247 e. The first-order chi connectivity index (χ1) is 15.1. The highest BCUT2D eigenvalue weighted by Gasteiger charge is 2.35. The number of sulfonamides is 1. The van der Waals surface area contributed by atoms with E-state index in [9.17, 15) is 17.2 Å². The summed E-state index contributed by atoms with van der Waals surface area (Å²) >= 11 is 7.28. The van der Waals surface area contributed by atoms with Crippen LogP contribution in [0.5, 0.6) is 0 Å². The third kappa shape index (κ3) is 4.25. The first-order valence-corrected chi connectivity index (χ1v) is 13.6. The number of piperazine rings is 1. The molecule has 2 heterocycles. The third-order valence-corrected chi connectivity index (χ3v) is 9.87. The lowest BCUT2D eigenvalue weighted by Gasteiger charge is -2.34. The molecular weight excluding hydrogens is 588 g/mol. The minimum absolute atomic E-state index is 0.140. The molecule has 1 aliphatic heterocycles. The first-order valence-electron chi connectivity index (χ1n) is 9.71. The summed E-state index contributed by atoms with van der Waals surface area (Å²) in [4.78, 5) is 6.10. The van der Waals surface area contributed by atoms with Crippen LogP contribution < -0.4 is 4.90 Å². The van der Waals surface area contributed by atoms with E-state index in [1.165, 1.54) is 15.6 Å². The Morgan fingerprint density at radius 1 is 1.06 bits per heavy atom. The van der Waals surface area contributed by atoms with Gasteiger partial charge in [-0.3, -0.25) is 0 Å².